The Morgan fingerprint density at radius 1 is 1.25 bits per heavy atom. The van der Waals surface area contributed by atoms with Crippen molar-refractivity contribution in [3.05, 3.63) is 24.3 Å². The maximum atomic E-state index is 11.9. The molecule has 1 spiro atoms. The number of carbonyl (C=O) groups is 1. The lowest BCUT2D eigenvalue weighted by Crippen LogP contribution is -2.59. The Labute approximate surface area is 146 Å². The number of carbonyl (C=O) groups excluding carboxylic acids is 1. The summed E-state index contributed by atoms with van der Waals surface area (Å²) < 4.78 is 11.7. The minimum Gasteiger partial charge on any atom is -0.469 e. The summed E-state index contributed by atoms with van der Waals surface area (Å²) in [6.07, 6.45) is 10.3. The van der Waals surface area contributed by atoms with Crippen molar-refractivity contribution in [2.45, 2.75) is 77.4 Å². The maximum Gasteiger partial charge on any atom is 0.308 e. The van der Waals surface area contributed by atoms with Gasteiger partial charge in [-0.25, -0.2) is 0 Å². The highest BCUT2D eigenvalue weighted by atomic mass is 16.5. The summed E-state index contributed by atoms with van der Waals surface area (Å²) in [5, 5.41) is 0. The summed E-state index contributed by atoms with van der Waals surface area (Å²) in [7, 11) is 1.44. The summed E-state index contributed by atoms with van der Waals surface area (Å²) in [6.45, 7) is 13.6. The molecule has 4 atom stereocenters. The Hall–Kier alpha value is -1.09. The third kappa shape index (κ3) is 2.39. The fraction of sp³-hybridized carbons (Fsp3) is 0.762. The van der Waals surface area contributed by atoms with Gasteiger partial charge in [-0.15, -0.1) is 0 Å². The minimum atomic E-state index is -0.462. The van der Waals surface area contributed by atoms with E-state index in [1.807, 2.05) is 0 Å². The monoisotopic (exact) mass is 332 g/mol. The summed E-state index contributed by atoms with van der Waals surface area (Å²) in [6, 6.07) is 0. The predicted octanol–water partition coefficient (Wildman–Crippen LogP) is 4.82. The van der Waals surface area contributed by atoms with Crippen molar-refractivity contribution in [1.29, 1.82) is 0 Å². The number of esters is 1. The quantitative estimate of drug-likeness (QED) is 0.680. The number of fused-ring (bicyclic) bond motifs is 2. The maximum absolute atomic E-state index is 11.9. The number of allylic oxidation sites excluding steroid dienone is 1. The zero-order valence-electron chi connectivity index (χ0n) is 15.9. The second-order valence-corrected chi connectivity index (χ2v) is 9.25. The van der Waals surface area contributed by atoms with Crippen LogP contribution in [0.1, 0.15) is 66.2 Å². The van der Waals surface area contributed by atoms with E-state index >= 15 is 0 Å². The Bertz CT molecular complexity index is 590. The fourth-order valence-electron chi connectivity index (χ4n) is 5.82. The Balaban J connectivity index is 1.99. The highest BCUT2D eigenvalue weighted by Crippen LogP contribution is 2.65. The molecule has 0 aromatic heterocycles. The van der Waals surface area contributed by atoms with Gasteiger partial charge in [0.2, 0.25) is 0 Å². The number of ether oxygens (including phenoxy) is 2. The van der Waals surface area contributed by atoms with Gasteiger partial charge in [0.15, 0.2) is 0 Å². The highest BCUT2D eigenvalue weighted by molar-refractivity contribution is 5.70. The molecule has 3 nitrogen and oxygen atoms in total. The number of rotatable bonds is 2. The molecule has 3 rings (SSSR count). The van der Waals surface area contributed by atoms with Crippen molar-refractivity contribution in [3.63, 3.8) is 0 Å². The van der Waals surface area contributed by atoms with E-state index < -0.39 is 5.60 Å². The normalized spacial score (nSPS) is 43.7. The lowest BCUT2D eigenvalue weighted by atomic mass is 9.47. The molecule has 0 amide bonds. The predicted molar refractivity (Wildman–Crippen MR) is 95.6 cm³/mol. The number of methoxy groups -OCH3 is 1. The molecule has 134 valence electrons. The third-order valence-electron chi connectivity index (χ3n) is 7.15. The van der Waals surface area contributed by atoms with Crippen molar-refractivity contribution in [3.8, 4) is 0 Å². The second-order valence-electron chi connectivity index (χ2n) is 9.25. The van der Waals surface area contributed by atoms with Gasteiger partial charge in [-0.2, -0.15) is 0 Å². The van der Waals surface area contributed by atoms with Gasteiger partial charge in [0.05, 0.1) is 24.7 Å². The van der Waals surface area contributed by atoms with Crippen LogP contribution < -0.4 is 0 Å². The van der Waals surface area contributed by atoms with E-state index in [2.05, 4.69) is 46.4 Å². The molecule has 1 heterocycles. The fourth-order valence-corrected chi connectivity index (χ4v) is 5.82. The second kappa shape index (κ2) is 5.45. The Kier molecular flexibility index (Phi) is 4.03. The summed E-state index contributed by atoms with van der Waals surface area (Å²) >= 11 is 0. The van der Waals surface area contributed by atoms with Crippen LogP contribution >= 0.6 is 0 Å². The first-order valence-corrected chi connectivity index (χ1v) is 9.23. The van der Waals surface area contributed by atoms with Crippen LogP contribution in [-0.2, 0) is 14.3 Å². The van der Waals surface area contributed by atoms with E-state index in [-0.39, 0.29) is 22.4 Å². The summed E-state index contributed by atoms with van der Waals surface area (Å²) in [4.78, 5) is 11.9. The molecule has 24 heavy (non-hydrogen) atoms. The van der Waals surface area contributed by atoms with E-state index in [4.69, 9.17) is 9.47 Å². The van der Waals surface area contributed by atoms with Gasteiger partial charge in [0.25, 0.3) is 0 Å². The molecule has 0 unspecified atom stereocenters. The van der Waals surface area contributed by atoms with E-state index in [9.17, 15) is 4.79 Å². The van der Waals surface area contributed by atoms with Crippen molar-refractivity contribution in [2.75, 3.05) is 7.11 Å². The molecule has 1 saturated heterocycles. The van der Waals surface area contributed by atoms with Gasteiger partial charge < -0.3 is 9.47 Å². The van der Waals surface area contributed by atoms with Crippen LogP contribution in [0.5, 0.6) is 0 Å². The average Bonchev–Trinajstić information content (AvgIpc) is 2.83. The van der Waals surface area contributed by atoms with Gasteiger partial charge in [-0.05, 0) is 49.5 Å². The molecule has 1 aliphatic heterocycles. The van der Waals surface area contributed by atoms with Gasteiger partial charge >= 0.3 is 5.97 Å². The van der Waals surface area contributed by atoms with Gasteiger partial charge in [0, 0.05) is 5.41 Å². The van der Waals surface area contributed by atoms with Crippen LogP contribution in [0.3, 0.4) is 0 Å². The van der Waals surface area contributed by atoms with Crippen LogP contribution in [-0.4, -0.2) is 24.3 Å². The van der Waals surface area contributed by atoms with Crippen LogP contribution in [0.25, 0.3) is 0 Å². The Morgan fingerprint density at radius 2 is 1.96 bits per heavy atom. The van der Waals surface area contributed by atoms with E-state index in [0.717, 1.165) is 24.8 Å². The van der Waals surface area contributed by atoms with E-state index in [1.54, 1.807) is 0 Å². The summed E-state index contributed by atoms with van der Waals surface area (Å²) in [5.74, 6) is 0.280. The van der Waals surface area contributed by atoms with Gasteiger partial charge in [-0.3, -0.25) is 4.79 Å². The largest absolute Gasteiger partial charge is 0.469 e. The smallest absolute Gasteiger partial charge is 0.308 e. The lowest BCUT2D eigenvalue weighted by Gasteiger charge is -2.60. The minimum absolute atomic E-state index is 0.0362. The molecular weight excluding hydrogens is 300 g/mol. The van der Waals surface area contributed by atoms with Crippen LogP contribution in [0.4, 0.5) is 0 Å². The molecule has 2 aliphatic carbocycles. The van der Waals surface area contributed by atoms with Crippen LogP contribution in [0, 0.1) is 16.7 Å². The Morgan fingerprint density at radius 3 is 2.62 bits per heavy atom. The summed E-state index contributed by atoms with van der Waals surface area (Å²) in [5.41, 5.74) is 0.562. The molecule has 0 radical (unpaired) electrons. The topological polar surface area (TPSA) is 35.5 Å². The molecular formula is C21H32O3. The van der Waals surface area contributed by atoms with Crippen molar-refractivity contribution >= 4 is 5.97 Å². The first kappa shape index (κ1) is 17.7. The zero-order valence-corrected chi connectivity index (χ0v) is 15.9. The van der Waals surface area contributed by atoms with Crippen molar-refractivity contribution < 1.29 is 14.3 Å². The highest BCUT2D eigenvalue weighted by Gasteiger charge is 2.64. The van der Waals surface area contributed by atoms with Gasteiger partial charge in [-0.1, -0.05) is 45.9 Å². The molecule has 3 aliphatic rings. The lowest BCUT2D eigenvalue weighted by molar-refractivity contribution is -0.183. The molecule has 2 fully saturated rings. The van der Waals surface area contributed by atoms with E-state index in [1.165, 1.54) is 20.0 Å². The molecule has 0 bridgehead atoms. The molecule has 1 saturated carbocycles. The SMILES string of the molecule is C=C1C=C[C@H]2C(C)(C)CCC[C@]2(C)[C@@]12CC[C@@](C)(CC(=O)OC)O2. The number of hydrogen-bond acceptors (Lipinski definition) is 3. The first-order chi connectivity index (χ1) is 11.1. The van der Waals surface area contributed by atoms with E-state index in [0.29, 0.717) is 12.3 Å². The van der Waals surface area contributed by atoms with Crippen LogP contribution in [0.15, 0.2) is 24.3 Å². The average molecular weight is 332 g/mol. The standard InChI is InChI=1S/C21H32O3/c1-15-8-9-16-18(2,3)10-7-11-20(16,5)21(15)13-12-19(4,24-21)14-17(22)23-6/h8-9,16H,1,7,10-14H2,2-6H3/t16-,19-,20-,21+/m0/s1. The molecule has 0 N–H and O–H groups in total. The molecule has 3 heteroatoms. The third-order valence-corrected chi connectivity index (χ3v) is 7.15. The van der Waals surface area contributed by atoms with Crippen molar-refractivity contribution in [2.24, 2.45) is 16.7 Å². The molecule has 0 aromatic carbocycles. The first-order valence-electron chi connectivity index (χ1n) is 9.23. The van der Waals surface area contributed by atoms with Crippen molar-refractivity contribution in [1.82, 2.24) is 0 Å². The molecule has 0 aromatic rings. The van der Waals surface area contributed by atoms with Crippen LogP contribution in [0.2, 0.25) is 0 Å². The number of hydrogen-bond donors (Lipinski definition) is 0. The zero-order chi connectivity index (χ0) is 17.8. The van der Waals surface area contributed by atoms with Gasteiger partial charge in [0.1, 0.15) is 0 Å².